The monoisotopic (exact) mass is 295 g/mol. The van der Waals surface area contributed by atoms with Crippen molar-refractivity contribution in [3.63, 3.8) is 0 Å². The van der Waals surface area contributed by atoms with Gasteiger partial charge in [-0.25, -0.2) is 5.43 Å². The molecule has 0 radical (unpaired) electrons. The van der Waals surface area contributed by atoms with Crippen LogP contribution in [0.25, 0.3) is 0 Å². The second-order valence-electron chi connectivity index (χ2n) is 5.32. The molecule has 114 valence electrons. The predicted molar refractivity (Wildman–Crippen MR) is 91.2 cm³/mol. The van der Waals surface area contributed by atoms with Crippen LogP contribution >= 0.6 is 0 Å². The Morgan fingerprint density at radius 1 is 0.955 bits per heavy atom. The van der Waals surface area contributed by atoms with E-state index in [-0.39, 0.29) is 12.5 Å². The number of anilines is 1. The van der Waals surface area contributed by atoms with Gasteiger partial charge in [0.15, 0.2) is 0 Å². The number of amides is 1. The van der Waals surface area contributed by atoms with Crippen LogP contribution in [0.15, 0.2) is 53.6 Å². The van der Waals surface area contributed by atoms with Crippen LogP contribution in [0.2, 0.25) is 0 Å². The Balaban J connectivity index is 1.85. The lowest BCUT2D eigenvalue weighted by Gasteiger charge is -2.06. The van der Waals surface area contributed by atoms with Gasteiger partial charge in [-0.2, -0.15) is 5.10 Å². The highest BCUT2D eigenvalue weighted by molar-refractivity contribution is 5.99. The lowest BCUT2D eigenvalue weighted by Crippen LogP contribution is -2.26. The zero-order chi connectivity index (χ0) is 15.9. The maximum Gasteiger partial charge on any atom is 0.259 e. The Morgan fingerprint density at radius 3 is 2.09 bits per heavy atom. The van der Waals surface area contributed by atoms with E-state index in [2.05, 4.69) is 15.8 Å². The zero-order valence-corrected chi connectivity index (χ0v) is 13.2. The second-order valence-corrected chi connectivity index (χ2v) is 5.32. The average molecular weight is 295 g/mol. The number of nitrogens with zero attached hydrogens (tertiary/aromatic N) is 1. The van der Waals surface area contributed by atoms with E-state index >= 15 is 0 Å². The number of rotatable bonds is 5. The quantitative estimate of drug-likeness (QED) is 0.657. The van der Waals surface area contributed by atoms with Gasteiger partial charge in [-0.1, -0.05) is 47.5 Å². The molecule has 0 aromatic heterocycles. The molecule has 1 amide bonds. The molecule has 22 heavy (non-hydrogen) atoms. The first-order valence-corrected chi connectivity index (χ1v) is 7.25. The summed E-state index contributed by atoms with van der Waals surface area (Å²) in [5.41, 5.74) is 7.64. The van der Waals surface area contributed by atoms with Crippen LogP contribution in [0.3, 0.4) is 0 Å². The molecular formula is C18H21N3O. The first-order valence-electron chi connectivity index (χ1n) is 7.25. The zero-order valence-electron chi connectivity index (χ0n) is 13.2. The van der Waals surface area contributed by atoms with Crippen molar-refractivity contribution < 1.29 is 4.79 Å². The number of carbonyl (C=O) groups is 1. The predicted octanol–water partition coefficient (Wildman–Crippen LogP) is 3.26. The average Bonchev–Trinajstić information content (AvgIpc) is 2.52. The third-order valence-corrected chi connectivity index (χ3v) is 3.32. The topological polar surface area (TPSA) is 53.5 Å². The smallest absolute Gasteiger partial charge is 0.259 e. The lowest BCUT2D eigenvalue weighted by molar-refractivity contribution is -0.119. The summed E-state index contributed by atoms with van der Waals surface area (Å²) in [6.45, 7) is 6.12. The minimum absolute atomic E-state index is 0.174. The summed E-state index contributed by atoms with van der Waals surface area (Å²) in [5, 5.41) is 7.19. The Labute approximate surface area is 131 Å². The first kappa shape index (κ1) is 15.8. The number of nitrogens with one attached hydrogen (secondary N) is 2. The van der Waals surface area contributed by atoms with E-state index in [1.54, 1.807) is 0 Å². The summed E-state index contributed by atoms with van der Waals surface area (Å²) in [4.78, 5) is 11.8. The van der Waals surface area contributed by atoms with Gasteiger partial charge >= 0.3 is 0 Å². The van der Waals surface area contributed by atoms with Crippen molar-refractivity contribution in [3.8, 4) is 0 Å². The third-order valence-electron chi connectivity index (χ3n) is 3.32. The molecule has 0 aliphatic heterocycles. The molecule has 0 spiro atoms. The SMILES string of the molecule is C/C(=N\NC(=O)CNc1ccc(C)cc1)c1ccc(C)cc1. The summed E-state index contributed by atoms with van der Waals surface area (Å²) in [5.74, 6) is -0.174. The van der Waals surface area contributed by atoms with Crippen molar-refractivity contribution in [1.29, 1.82) is 0 Å². The molecule has 0 aliphatic carbocycles. The van der Waals surface area contributed by atoms with Crippen LogP contribution in [0.4, 0.5) is 5.69 Å². The molecule has 0 saturated carbocycles. The molecule has 2 aromatic rings. The standard InChI is InChI=1S/C18H21N3O/c1-13-4-8-16(9-5-13)15(3)20-21-18(22)12-19-17-10-6-14(2)7-11-17/h4-11,19H,12H2,1-3H3,(H,21,22)/b20-15+. The molecular weight excluding hydrogens is 274 g/mol. The minimum atomic E-state index is -0.174. The van der Waals surface area contributed by atoms with Gasteiger partial charge < -0.3 is 5.32 Å². The Hall–Kier alpha value is -2.62. The van der Waals surface area contributed by atoms with Crippen LogP contribution < -0.4 is 10.7 Å². The van der Waals surface area contributed by atoms with Gasteiger partial charge in [0.25, 0.3) is 5.91 Å². The van der Waals surface area contributed by atoms with Crippen molar-refractivity contribution in [3.05, 3.63) is 65.2 Å². The normalized spacial score (nSPS) is 11.1. The van der Waals surface area contributed by atoms with E-state index in [9.17, 15) is 4.79 Å². The van der Waals surface area contributed by atoms with Crippen LogP contribution in [0, 0.1) is 13.8 Å². The fourth-order valence-corrected chi connectivity index (χ4v) is 1.90. The summed E-state index contributed by atoms with van der Waals surface area (Å²) >= 11 is 0. The molecule has 2 N–H and O–H groups in total. The molecule has 0 aliphatic rings. The highest BCUT2D eigenvalue weighted by Crippen LogP contribution is 2.07. The van der Waals surface area contributed by atoms with Crippen molar-refractivity contribution in [2.75, 3.05) is 11.9 Å². The molecule has 2 aromatic carbocycles. The molecule has 0 fully saturated rings. The van der Waals surface area contributed by atoms with E-state index in [1.807, 2.05) is 69.3 Å². The largest absolute Gasteiger partial charge is 0.376 e. The van der Waals surface area contributed by atoms with E-state index in [0.717, 1.165) is 17.0 Å². The van der Waals surface area contributed by atoms with E-state index in [1.165, 1.54) is 11.1 Å². The highest BCUT2D eigenvalue weighted by Gasteiger charge is 2.01. The second kappa shape index (κ2) is 7.41. The van der Waals surface area contributed by atoms with E-state index < -0.39 is 0 Å². The summed E-state index contributed by atoms with van der Waals surface area (Å²) < 4.78 is 0. The molecule has 0 unspecified atom stereocenters. The number of hydrazone groups is 1. The van der Waals surface area contributed by atoms with Crippen molar-refractivity contribution >= 4 is 17.3 Å². The third kappa shape index (κ3) is 4.74. The van der Waals surface area contributed by atoms with Gasteiger partial charge in [0.2, 0.25) is 0 Å². The number of benzene rings is 2. The molecule has 0 heterocycles. The van der Waals surface area contributed by atoms with Crippen molar-refractivity contribution in [1.82, 2.24) is 5.43 Å². The molecule has 0 atom stereocenters. The van der Waals surface area contributed by atoms with Crippen molar-refractivity contribution in [2.45, 2.75) is 20.8 Å². The lowest BCUT2D eigenvalue weighted by atomic mass is 10.1. The van der Waals surface area contributed by atoms with Crippen LogP contribution in [-0.2, 0) is 4.79 Å². The summed E-state index contributed by atoms with van der Waals surface area (Å²) in [6.07, 6.45) is 0. The van der Waals surface area contributed by atoms with Crippen LogP contribution in [-0.4, -0.2) is 18.2 Å². The van der Waals surface area contributed by atoms with Crippen LogP contribution in [0.1, 0.15) is 23.6 Å². The summed E-state index contributed by atoms with van der Waals surface area (Å²) in [6, 6.07) is 15.9. The summed E-state index contributed by atoms with van der Waals surface area (Å²) in [7, 11) is 0. The maximum absolute atomic E-state index is 11.8. The van der Waals surface area contributed by atoms with Gasteiger partial charge in [0, 0.05) is 5.69 Å². The van der Waals surface area contributed by atoms with Crippen molar-refractivity contribution in [2.24, 2.45) is 5.10 Å². The number of hydrogen-bond donors (Lipinski definition) is 2. The molecule has 2 rings (SSSR count). The van der Waals surface area contributed by atoms with Gasteiger partial charge in [-0.15, -0.1) is 0 Å². The highest BCUT2D eigenvalue weighted by atomic mass is 16.2. The van der Waals surface area contributed by atoms with Gasteiger partial charge in [-0.3, -0.25) is 4.79 Å². The Kier molecular flexibility index (Phi) is 5.31. The maximum atomic E-state index is 11.8. The van der Waals surface area contributed by atoms with E-state index in [4.69, 9.17) is 0 Å². The first-order chi connectivity index (χ1) is 10.5. The molecule has 4 heteroatoms. The van der Waals surface area contributed by atoms with Gasteiger partial charge in [0.1, 0.15) is 0 Å². The molecule has 4 nitrogen and oxygen atoms in total. The number of aryl methyl sites for hydroxylation is 2. The molecule has 0 bridgehead atoms. The van der Waals surface area contributed by atoms with Gasteiger partial charge in [-0.05, 0) is 38.5 Å². The molecule has 0 saturated heterocycles. The number of hydrogen-bond acceptors (Lipinski definition) is 3. The Bertz CT molecular complexity index is 658. The fraction of sp³-hybridized carbons (Fsp3) is 0.222. The van der Waals surface area contributed by atoms with Gasteiger partial charge in [0.05, 0.1) is 12.3 Å². The van der Waals surface area contributed by atoms with E-state index in [0.29, 0.717) is 0 Å². The fourth-order valence-electron chi connectivity index (χ4n) is 1.90. The number of carbonyl (C=O) groups excluding carboxylic acids is 1. The van der Waals surface area contributed by atoms with Crippen LogP contribution in [0.5, 0.6) is 0 Å². The minimum Gasteiger partial charge on any atom is -0.376 e. The Morgan fingerprint density at radius 2 is 1.50 bits per heavy atom.